The van der Waals surface area contributed by atoms with Gasteiger partial charge in [-0.25, -0.2) is 8.42 Å². The molecule has 3 rings (SSSR count). The predicted octanol–water partition coefficient (Wildman–Crippen LogP) is 4.83. The fourth-order valence-electron chi connectivity index (χ4n) is 4.18. The Bertz CT molecular complexity index is 1350. The minimum Gasteiger partial charge on any atom is -0.354 e. The molecule has 208 valence electrons. The van der Waals surface area contributed by atoms with Crippen LogP contribution in [0.3, 0.4) is 0 Å². The van der Waals surface area contributed by atoms with E-state index < -0.39 is 28.5 Å². The molecule has 0 spiro atoms. The molecule has 0 fully saturated rings. The number of amides is 2. The van der Waals surface area contributed by atoms with Crippen molar-refractivity contribution >= 4 is 33.4 Å². The number of carbonyl (C=O) groups excluding carboxylic acids is 2. The zero-order valence-corrected chi connectivity index (χ0v) is 24.2. The summed E-state index contributed by atoms with van der Waals surface area (Å²) in [5, 5.41) is 3.39. The lowest BCUT2D eigenvalue weighted by atomic mass is 10.0. The van der Waals surface area contributed by atoms with Crippen molar-refractivity contribution in [2.75, 3.05) is 20.1 Å². The number of nitrogens with zero attached hydrogens (tertiary/aromatic N) is 2. The number of nitrogens with one attached hydrogen (secondary N) is 1. The number of likely N-dealkylation sites (N-methyl/N-ethyl adjacent to an activating group) is 1. The third-order valence-corrected chi connectivity index (χ3v) is 8.65. The maximum atomic E-state index is 13.9. The number of halogens is 1. The van der Waals surface area contributed by atoms with Gasteiger partial charge in [-0.2, -0.15) is 4.31 Å². The zero-order valence-electron chi connectivity index (χ0n) is 22.6. The molecule has 0 aliphatic rings. The highest BCUT2D eigenvalue weighted by molar-refractivity contribution is 7.89. The Labute approximate surface area is 236 Å². The van der Waals surface area contributed by atoms with E-state index in [4.69, 9.17) is 11.6 Å². The molecule has 0 saturated carbocycles. The minimum absolute atomic E-state index is 0.0331. The second kappa shape index (κ2) is 14.3. The highest BCUT2D eigenvalue weighted by Crippen LogP contribution is 2.20. The number of hydrogen-bond acceptors (Lipinski definition) is 4. The van der Waals surface area contributed by atoms with Crippen LogP contribution in [-0.2, 0) is 32.6 Å². The average molecular weight is 570 g/mol. The quantitative estimate of drug-likeness (QED) is 0.299. The van der Waals surface area contributed by atoms with Gasteiger partial charge in [0.2, 0.25) is 21.8 Å². The van der Waals surface area contributed by atoms with E-state index in [1.807, 2.05) is 68.4 Å². The molecule has 0 aliphatic carbocycles. The smallest absolute Gasteiger partial charge is 0.243 e. The number of sulfonamides is 1. The first-order valence-electron chi connectivity index (χ1n) is 13.0. The third-order valence-electron chi connectivity index (χ3n) is 6.58. The van der Waals surface area contributed by atoms with E-state index in [2.05, 4.69) is 5.32 Å². The summed E-state index contributed by atoms with van der Waals surface area (Å²) < 4.78 is 27.4. The molecule has 0 heterocycles. The fourth-order valence-corrected chi connectivity index (χ4v) is 5.43. The van der Waals surface area contributed by atoms with E-state index >= 15 is 0 Å². The first kappa shape index (κ1) is 30.3. The molecule has 1 atom stereocenters. The summed E-state index contributed by atoms with van der Waals surface area (Å²) in [6, 6.07) is 22.1. The number of hydrogen-bond donors (Lipinski definition) is 1. The van der Waals surface area contributed by atoms with Gasteiger partial charge in [-0.05, 0) is 54.3 Å². The van der Waals surface area contributed by atoms with E-state index in [9.17, 15) is 18.0 Å². The van der Waals surface area contributed by atoms with Crippen molar-refractivity contribution in [1.29, 1.82) is 0 Å². The predicted molar refractivity (Wildman–Crippen MR) is 155 cm³/mol. The van der Waals surface area contributed by atoms with E-state index in [0.29, 0.717) is 18.0 Å². The summed E-state index contributed by atoms with van der Waals surface area (Å²) in [5.41, 5.74) is 2.76. The Hall–Kier alpha value is -3.20. The van der Waals surface area contributed by atoms with Crippen LogP contribution in [0, 0.1) is 6.92 Å². The maximum Gasteiger partial charge on any atom is 0.243 e. The molecule has 39 heavy (non-hydrogen) atoms. The van der Waals surface area contributed by atoms with Crippen LogP contribution >= 0.6 is 11.6 Å². The van der Waals surface area contributed by atoms with Gasteiger partial charge < -0.3 is 10.2 Å². The molecule has 9 heteroatoms. The number of benzene rings is 3. The van der Waals surface area contributed by atoms with Crippen molar-refractivity contribution in [2.45, 2.75) is 50.6 Å². The highest BCUT2D eigenvalue weighted by atomic mass is 35.5. The lowest BCUT2D eigenvalue weighted by Gasteiger charge is -2.33. The van der Waals surface area contributed by atoms with Gasteiger partial charge >= 0.3 is 0 Å². The van der Waals surface area contributed by atoms with Gasteiger partial charge in [0.05, 0.1) is 11.4 Å². The van der Waals surface area contributed by atoms with Crippen molar-refractivity contribution in [3.05, 3.63) is 101 Å². The number of carbonyl (C=O) groups is 2. The van der Waals surface area contributed by atoms with Crippen molar-refractivity contribution in [3.8, 4) is 0 Å². The summed E-state index contributed by atoms with van der Waals surface area (Å²) in [6.45, 7) is 4.22. The molecule has 3 aromatic rings. The summed E-state index contributed by atoms with van der Waals surface area (Å²) in [4.78, 5) is 29.0. The van der Waals surface area contributed by atoms with Crippen LogP contribution in [0.2, 0.25) is 5.02 Å². The Morgan fingerprint density at radius 2 is 1.59 bits per heavy atom. The lowest BCUT2D eigenvalue weighted by molar-refractivity contribution is -0.141. The van der Waals surface area contributed by atoms with E-state index in [1.165, 1.54) is 36.2 Å². The van der Waals surface area contributed by atoms with E-state index in [-0.39, 0.29) is 17.3 Å². The van der Waals surface area contributed by atoms with Crippen molar-refractivity contribution < 1.29 is 18.0 Å². The van der Waals surface area contributed by atoms with Crippen molar-refractivity contribution in [3.63, 3.8) is 0 Å². The van der Waals surface area contributed by atoms with Crippen molar-refractivity contribution in [1.82, 2.24) is 14.5 Å². The Morgan fingerprint density at radius 3 is 2.23 bits per heavy atom. The van der Waals surface area contributed by atoms with Gasteiger partial charge in [-0.15, -0.1) is 0 Å². The molecular formula is C30H36ClN3O4S. The summed E-state index contributed by atoms with van der Waals surface area (Å²) in [5.74, 6) is -0.734. The summed E-state index contributed by atoms with van der Waals surface area (Å²) >= 11 is 5.93. The van der Waals surface area contributed by atoms with Crippen LogP contribution in [-0.4, -0.2) is 55.6 Å². The highest BCUT2D eigenvalue weighted by Gasteiger charge is 2.33. The Morgan fingerprint density at radius 1 is 0.949 bits per heavy atom. The standard InChI is InChI=1S/C30H36ClN3O4S/c1-4-5-19-32-30(36)28(20-24-12-7-6-8-13-24)34(21-25-14-10-9-11-23(25)2)29(35)22-33(3)39(37,38)27-17-15-26(31)16-18-27/h6-18,28H,4-5,19-22H2,1-3H3,(H,32,36)/t28-/m0/s1. The zero-order chi connectivity index (χ0) is 28.4. The SMILES string of the molecule is CCCCNC(=O)[C@H](Cc1ccccc1)N(Cc1ccccc1C)C(=O)CN(C)S(=O)(=O)c1ccc(Cl)cc1. The van der Waals surface area contributed by atoms with Crippen LogP contribution in [0.15, 0.2) is 83.8 Å². The van der Waals surface area contributed by atoms with Crippen LogP contribution in [0.5, 0.6) is 0 Å². The summed E-state index contributed by atoms with van der Waals surface area (Å²) in [6.07, 6.45) is 2.03. The molecule has 0 unspecified atom stereocenters. The molecule has 0 saturated heterocycles. The van der Waals surface area contributed by atoms with E-state index in [0.717, 1.165) is 33.8 Å². The normalized spacial score (nSPS) is 12.2. The molecule has 0 aliphatic heterocycles. The van der Waals surface area contributed by atoms with Gasteiger partial charge in [0.1, 0.15) is 6.04 Å². The monoisotopic (exact) mass is 569 g/mol. The van der Waals surface area contributed by atoms with Gasteiger partial charge in [0.15, 0.2) is 0 Å². The molecule has 7 nitrogen and oxygen atoms in total. The maximum absolute atomic E-state index is 13.9. The van der Waals surface area contributed by atoms with Crippen LogP contribution in [0.4, 0.5) is 0 Å². The number of rotatable bonds is 13. The topological polar surface area (TPSA) is 86.8 Å². The average Bonchev–Trinajstić information content (AvgIpc) is 2.92. The second-order valence-electron chi connectivity index (χ2n) is 9.51. The summed E-state index contributed by atoms with van der Waals surface area (Å²) in [7, 11) is -2.60. The van der Waals surface area contributed by atoms with Gasteiger partial charge in [0.25, 0.3) is 0 Å². The third kappa shape index (κ3) is 8.39. The van der Waals surface area contributed by atoms with Gasteiger partial charge in [0, 0.05) is 31.6 Å². The molecule has 1 N–H and O–H groups in total. The van der Waals surface area contributed by atoms with Gasteiger partial charge in [-0.3, -0.25) is 9.59 Å². The van der Waals surface area contributed by atoms with Crippen LogP contribution < -0.4 is 5.32 Å². The first-order valence-corrected chi connectivity index (χ1v) is 14.8. The Balaban J connectivity index is 1.96. The number of unbranched alkanes of at least 4 members (excludes halogenated alkanes) is 1. The van der Waals surface area contributed by atoms with Gasteiger partial charge in [-0.1, -0.05) is 79.5 Å². The minimum atomic E-state index is -3.96. The lowest BCUT2D eigenvalue weighted by Crippen LogP contribution is -2.53. The van der Waals surface area contributed by atoms with Crippen molar-refractivity contribution in [2.24, 2.45) is 0 Å². The Kier molecular flexibility index (Phi) is 11.1. The van der Waals surface area contributed by atoms with Crippen LogP contribution in [0.1, 0.15) is 36.5 Å². The molecule has 0 radical (unpaired) electrons. The first-order chi connectivity index (χ1) is 18.6. The second-order valence-corrected chi connectivity index (χ2v) is 12.0. The molecular weight excluding hydrogens is 534 g/mol. The molecule has 0 bridgehead atoms. The largest absolute Gasteiger partial charge is 0.354 e. The fraction of sp³-hybridized carbons (Fsp3) is 0.333. The molecule has 0 aromatic heterocycles. The van der Waals surface area contributed by atoms with Crippen LogP contribution in [0.25, 0.3) is 0 Å². The molecule has 2 amide bonds. The molecule has 3 aromatic carbocycles. The van der Waals surface area contributed by atoms with E-state index in [1.54, 1.807) is 0 Å². The number of aryl methyl sites for hydroxylation is 1.